The van der Waals surface area contributed by atoms with E-state index in [0.29, 0.717) is 18.7 Å². The molecule has 0 bridgehead atoms. The number of nitriles is 1. The summed E-state index contributed by atoms with van der Waals surface area (Å²) in [6, 6.07) is 9.18. The number of aliphatic hydroxyl groups is 1. The minimum Gasteiger partial charge on any atom is -0.389 e. The first-order valence-electron chi connectivity index (χ1n) is 6.18. The van der Waals surface area contributed by atoms with E-state index in [1.807, 2.05) is 13.0 Å². The Kier molecular flexibility index (Phi) is 6.90. The van der Waals surface area contributed by atoms with E-state index in [2.05, 4.69) is 11.4 Å². The van der Waals surface area contributed by atoms with Crippen molar-refractivity contribution in [3.63, 3.8) is 0 Å². The number of hydrogen-bond acceptors (Lipinski definition) is 5. The van der Waals surface area contributed by atoms with Crippen LogP contribution in [-0.2, 0) is 9.47 Å². The van der Waals surface area contributed by atoms with Gasteiger partial charge in [-0.25, -0.2) is 0 Å². The SMILES string of the molecule is COCC(C)OCC(O)CNc1cccc(C#N)c1. The van der Waals surface area contributed by atoms with Crippen molar-refractivity contribution in [1.29, 1.82) is 5.26 Å². The molecule has 2 unspecified atom stereocenters. The smallest absolute Gasteiger partial charge is 0.0992 e. The summed E-state index contributed by atoms with van der Waals surface area (Å²) in [5, 5.41) is 21.6. The van der Waals surface area contributed by atoms with Crippen LogP contribution in [0.4, 0.5) is 5.69 Å². The predicted octanol–water partition coefficient (Wildman–Crippen LogP) is 1.38. The van der Waals surface area contributed by atoms with Crippen LogP contribution < -0.4 is 5.32 Å². The van der Waals surface area contributed by atoms with Crippen molar-refractivity contribution in [2.24, 2.45) is 0 Å². The largest absolute Gasteiger partial charge is 0.389 e. The van der Waals surface area contributed by atoms with Crippen molar-refractivity contribution in [3.05, 3.63) is 29.8 Å². The molecular weight excluding hydrogens is 244 g/mol. The van der Waals surface area contributed by atoms with Crippen molar-refractivity contribution in [1.82, 2.24) is 0 Å². The highest BCUT2D eigenvalue weighted by molar-refractivity contribution is 5.49. The number of nitrogens with one attached hydrogen (secondary N) is 1. The standard InChI is InChI=1S/C14H20N2O3/c1-11(9-18-2)19-10-14(17)8-16-13-5-3-4-12(6-13)7-15/h3-6,11,14,16-17H,8-10H2,1-2H3. The van der Waals surface area contributed by atoms with E-state index in [-0.39, 0.29) is 12.7 Å². The lowest BCUT2D eigenvalue weighted by Gasteiger charge is -2.16. The van der Waals surface area contributed by atoms with E-state index in [4.69, 9.17) is 14.7 Å². The molecule has 0 aromatic heterocycles. The molecule has 1 rings (SSSR count). The van der Waals surface area contributed by atoms with E-state index in [9.17, 15) is 5.11 Å². The number of aliphatic hydroxyl groups excluding tert-OH is 1. The zero-order valence-electron chi connectivity index (χ0n) is 11.3. The second-order valence-corrected chi connectivity index (χ2v) is 4.33. The molecule has 104 valence electrons. The second-order valence-electron chi connectivity index (χ2n) is 4.33. The van der Waals surface area contributed by atoms with Gasteiger partial charge >= 0.3 is 0 Å². The van der Waals surface area contributed by atoms with Gasteiger partial charge < -0.3 is 19.9 Å². The average Bonchev–Trinajstić information content (AvgIpc) is 2.43. The Morgan fingerprint density at radius 2 is 2.21 bits per heavy atom. The molecule has 0 saturated heterocycles. The molecule has 0 fully saturated rings. The quantitative estimate of drug-likeness (QED) is 0.742. The molecule has 19 heavy (non-hydrogen) atoms. The minimum atomic E-state index is -0.606. The van der Waals surface area contributed by atoms with Crippen LogP contribution in [0.25, 0.3) is 0 Å². The van der Waals surface area contributed by atoms with Gasteiger partial charge in [-0.2, -0.15) is 5.26 Å². The van der Waals surface area contributed by atoms with Crippen LogP contribution in [0, 0.1) is 11.3 Å². The van der Waals surface area contributed by atoms with Crippen LogP contribution in [0.15, 0.2) is 24.3 Å². The fourth-order valence-corrected chi connectivity index (χ4v) is 1.55. The van der Waals surface area contributed by atoms with Crippen molar-refractivity contribution in [2.75, 3.05) is 32.2 Å². The third-order valence-electron chi connectivity index (χ3n) is 2.51. The molecule has 0 amide bonds. The number of anilines is 1. The maximum Gasteiger partial charge on any atom is 0.0992 e. The van der Waals surface area contributed by atoms with Crippen LogP contribution >= 0.6 is 0 Å². The Morgan fingerprint density at radius 3 is 2.89 bits per heavy atom. The molecule has 0 aliphatic heterocycles. The minimum absolute atomic E-state index is 0.0402. The van der Waals surface area contributed by atoms with Crippen molar-refractivity contribution >= 4 is 5.69 Å². The lowest BCUT2D eigenvalue weighted by Crippen LogP contribution is -2.28. The van der Waals surface area contributed by atoms with E-state index in [1.54, 1.807) is 25.3 Å². The first-order chi connectivity index (χ1) is 9.15. The third-order valence-corrected chi connectivity index (χ3v) is 2.51. The number of hydrogen-bond donors (Lipinski definition) is 2. The van der Waals surface area contributed by atoms with Gasteiger partial charge in [0.05, 0.1) is 37.1 Å². The van der Waals surface area contributed by atoms with E-state index in [1.165, 1.54) is 0 Å². The molecule has 0 heterocycles. The topological polar surface area (TPSA) is 74.5 Å². The zero-order valence-corrected chi connectivity index (χ0v) is 11.3. The molecule has 2 N–H and O–H groups in total. The summed E-state index contributed by atoms with van der Waals surface area (Å²) in [6.45, 7) is 3.01. The van der Waals surface area contributed by atoms with Crippen LogP contribution in [0.3, 0.4) is 0 Å². The highest BCUT2D eigenvalue weighted by Crippen LogP contribution is 2.09. The van der Waals surface area contributed by atoms with Crippen molar-refractivity contribution in [2.45, 2.75) is 19.1 Å². The number of methoxy groups -OCH3 is 1. The van der Waals surface area contributed by atoms with Crippen LogP contribution in [0.2, 0.25) is 0 Å². The first kappa shape index (κ1) is 15.4. The third kappa shape index (κ3) is 6.20. The van der Waals surface area contributed by atoms with Gasteiger partial charge in [-0.15, -0.1) is 0 Å². The Morgan fingerprint density at radius 1 is 1.42 bits per heavy atom. The Bertz CT molecular complexity index is 417. The summed E-state index contributed by atoms with van der Waals surface area (Å²) in [5.74, 6) is 0. The van der Waals surface area contributed by atoms with Gasteiger partial charge in [0.2, 0.25) is 0 Å². The first-order valence-corrected chi connectivity index (χ1v) is 6.18. The highest BCUT2D eigenvalue weighted by Gasteiger charge is 2.08. The van der Waals surface area contributed by atoms with Crippen LogP contribution in [0.5, 0.6) is 0 Å². The lowest BCUT2D eigenvalue weighted by atomic mass is 10.2. The molecular formula is C14H20N2O3. The summed E-state index contributed by atoms with van der Waals surface area (Å²) in [5.41, 5.74) is 1.40. The molecule has 5 heteroatoms. The fraction of sp³-hybridized carbons (Fsp3) is 0.500. The van der Waals surface area contributed by atoms with Gasteiger partial charge in [-0.05, 0) is 25.1 Å². The molecule has 0 radical (unpaired) electrons. The molecule has 0 spiro atoms. The maximum absolute atomic E-state index is 9.76. The molecule has 1 aromatic rings. The second kappa shape index (κ2) is 8.48. The Balaban J connectivity index is 2.29. The number of benzene rings is 1. The van der Waals surface area contributed by atoms with Gasteiger partial charge in [0.15, 0.2) is 0 Å². The van der Waals surface area contributed by atoms with E-state index < -0.39 is 6.10 Å². The summed E-state index contributed by atoms with van der Waals surface area (Å²) >= 11 is 0. The van der Waals surface area contributed by atoms with Crippen molar-refractivity contribution < 1.29 is 14.6 Å². The van der Waals surface area contributed by atoms with Crippen LogP contribution in [-0.4, -0.2) is 44.2 Å². The highest BCUT2D eigenvalue weighted by atomic mass is 16.5. The molecule has 1 aromatic carbocycles. The van der Waals surface area contributed by atoms with Gasteiger partial charge in [0.1, 0.15) is 0 Å². The number of nitrogens with zero attached hydrogens (tertiary/aromatic N) is 1. The van der Waals surface area contributed by atoms with Crippen molar-refractivity contribution in [3.8, 4) is 6.07 Å². The van der Waals surface area contributed by atoms with Gasteiger partial charge in [0, 0.05) is 19.3 Å². The molecule has 0 aliphatic rings. The summed E-state index contributed by atoms with van der Waals surface area (Å²) in [6.07, 6.45) is -0.647. The molecule has 2 atom stereocenters. The van der Waals surface area contributed by atoms with Gasteiger partial charge in [-0.3, -0.25) is 0 Å². The molecule has 5 nitrogen and oxygen atoms in total. The Labute approximate surface area is 113 Å². The summed E-state index contributed by atoms with van der Waals surface area (Å²) in [4.78, 5) is 0. The monoisotopic (exact) mass is 264 g/mol. The van der Waals surface area contributed by atoms with Gasteiger partial charge in [-0.1, -0.05) is 6.07 Å². The van der Waals surface area contributed by atoms with E-state index >= 15 is 0 Å². The summed E-state index contributed by atoms with van der Waals surface area (Å²) < 4.78 is 10.3. The molecule has 0 aliphatic carbocycles. The fourth-order valence-electron chi connectivity index (χ4n) is 1.55. The van der Waals surface area contributed by atoms with E-state index in [0.717, 1.165) is 5.69 Å². The average molecular weight is 264 g/mol. The molecule has 0 saturated carbocycles. The maximum atomic E-state index is 9.76. The Hall–Kier alpha value is -1.61. The number of ether oxygens (including phenoxy) is 2. The normalized spacial score (nSPS) is 13.6. The predicted molar refractivity (Wildman–Crippen MR) is 72.9 cm³/mol. The van der Waals surface area contributed by atoms with Crippen LogP contribution in [0.1, 0.15) is 12.5 Å². The number of rotatable bonds is 8. The summed E-state index contributed by atoms with van der Waals surface area (Å²) in [7, 11) is 1.61. The zero-order chi connectivity index (χ0) is 14.1. The van der Waals surface area contributed by atoms with Gasteiger partial charge in [0.25, 0.3) is 0 Å². The lowest BCUT2D eigenvalue weighted by molar-refractivity contribution is -0.0282.